The number of aryl methyl sites for hydroxylation is 1. The molecule has 0 aliphatic rings. The first-order valence-corrected chi connectivity index (χ1v) is 8.35. The Morgan fingerprint density at radius 1 is 1.42 bits per heavy atom. The summed E-state index contributed by atoms with van der Waals surface area (Å²) in [5.41, 5.74) is 13.9. The number of nitrogens with two attached hydrogens (primary N) is 2. The van der Waals surface area contributed by atoms with Crippen LogP contribution in [0.1, 0.15) is 27.6 Å². The van der Waals surface area contributed by atoms with E-state index < -0.39 is 5.91 Å². The number of hydrogen-bond donors (Lipinski definition) is 2. The van der Waals surface area contributed by atoms with Gasteiger partial charge in [-0.15, -0.1) is 0 Å². The number of amides is 1. The van der Waals surface area contributed by atoms with E-state index in [-0.39, 0.29) is 29.3 Å². The Morgan fingerprint density at radius 3 is 2.77 bits per heavy atom. The fourth-order valence-corrected chi connectivity index (χ4v) is 3.37. The van der Waals surface area contributed by atoms with E-state index in [9.17, 15) is 9.18 Å². The second-order valence-corrected chi connectivity index (χ2v) is 6.31. The van der Waals surface area contributed by atoms with Crippen molar-refractivity contribution in [3.05, 3.63) is 64.5 Å². The van der Waals surface area contributed by atoms with Crippen molar-refractivity contribution in [2.75, 3.05) is 6.54 Å². The molecule has 0 spiro atoms. The quantitative estimate of drug-likeness (QED) is 0.690. The minimum atomic E-state index is -0.743. The van der Waals surface area contributed by atoms with Crippen LogP contribution in [-0.4, -0.2) is 22.2 Å². The molecule has 0 saturated heterocycles. The Balaban J connectivity index is 2.14. The lowest BCUT2D eigenvalue weighted by Crippen LogP contribution is -2.20. The summed E-state index contributed by atoms with van der Waals surface area (Å²) >= 11 is 6.27. The molecule has 3 aromatic rings. The predicted octanol–water partition coefficient (Wildman–Crippen LogP) is 2.86. The van der Waals surface area contributed by atoms with Crippen molar-refractivity contribution >= 4 is 17.5 Å². The van der Waals surface area contributed by atoms with Crippen LogP contribution in [0.4, 0.5) is 4.39 Å². The van der Waals surface area contributed by atoms with E-state index in [1.54, 1.807) is 36.1 Å². The lowest BCUT2D eigenvalue weighted by Gasteiger charge is -2.17. The van der Waals surface area contributed by atoms with E-state index in [1.807, 2.05) is 0 Å². The molecule has 8 heteroatoms. The highest BCUT2D eigenvalue weighted by atomic mass is 35.5. The number of primary amides is 1. The van der Waals surface area contributed by atoms with Gasteiger partial charge < -0.3 is 15.9 Å². The summed E-state index contributed by atoms with van der Waals surface area (Å²) in [5, 5.41) is 4.17. The van der Waals surface area contributed by atoms with Crippen LogP contribution in [0.25, 0.3) is 11.3 Å². The van der Waals surface area contributed by atoms with E-state index in [0.29, 0.717) is 23.2 Å². The topological polar surface area (TPSA) is 100 Å². The van der Waals surface area contributed by atoms with Gasteiger partial charge in [0, 0.05) is 24.7 Å². The monoisotopic (exact) mass is 376 g/mol. The van der Waals surface area contributed by atoms with Crippen LogP contribution in [0.2, 0.25) is 5.22 Å². The van der Waals surface area contributed by atoms with E-state index in [4.69, 9.17) is 27.5 Å². The first-order valence-electron chi connectivity index (χ1n) is 7.97. The number of nitrogens with zero attached hydrogens (tertiary/aromatic N) is 2. The van der Waals surface area contributed by atoms with Gasteiger partial charge in [0.25, 0.3) is 5.91 Å². The number of rotatable bonds is 6. The molecule has 0 fully saturated rings. The van der Waals surface area contributed by atoms with Gasteiger partial charge in [-0.1, -0.05) is 12.1 Å². The molecular weight excluding hydrogens is 359 g/mol. The first-order chi connectivity index (χ1) is 12.4. The number of aromatic nitrogens is 2. The summed E-state index contributed by atoms with van der Waals surface area (Å²) in [4.78, 5) is 11.9. The van der Waals surface area contributed by atoms with Crippen LogP contribution in [0.15, 0.2) is 40.9 Å². The van der Waals surface area contributed by atoms with Gasteiger partial charge in [-0.2, -0.15) is 5.10 Å². The molecule has 0 aliphatic heterocycles. The molecule has 4 N–H and O–H groups in total. The van der Waals surface area contributed by atoms with E-state index in [0.717, 1.165) is 5.56 Å². The van der Waals surface area contributed by atoms with Crippen molar-refractivity contribution in [2.24, 2.45) is 18.5 Å². The zero-order valence-electron chi connectivity index (χ0n) is 14.1. The van der Waals surface area contributed by atoms with E-state index >= 15 is 0 Å². The number of benzene rings is 1. The third-order valence-electron chi connectivity index (χ3n) is 4.27. The summed E-state index contributed by atoms with van der Waals surface area (Å²) in [6.45, 7) is 0.192. The highest BCUT2D eigenvalue weighted by molar-refractivity contribution is 6.32. The molecule has 3 rings (SSSR count). The summed E-state index contributed by atoms with van der Waals surface area (Å²) in [6.07, 6.45) is 2.01. The third kappa shape index (κ3) is 3.36. The maximum absolute atomic E-state index is 13.5. The fourth-order valence-electron chi connectivity index (χ4n) is 3.10. The molecule has 1 amide bonds. The molecule has 6 nitrogen and oxygen atoms in total. The van der Waals surface area contributed by atoms with Crippen LogP contribution in [-0.2, 0) is 13.5 Å². The van der Waals surface area contributed by atoms with E-state index in [2.05, 4.69) is 5.10 Å². The fraction of sp³-hybridized carbons (Fsp3) is 0.222. The van der Waals surface area contributed by atoms with E-state index in [1.165, 1.54) is 12.1 Å². The summed E-state index contributed by atoms with van der Waals surface area (Å²) in [7, 11) is 1.75. The lowest BCUT2D eigenvalue weighted by molar-refractivity contribution is 0.0972. The second kappa shape index (κ2) is 7.31. The lowest BCUT2D eigenvalue weighted by atomic mass is 9.88. The predicted molar refractivity (Wildman–Crippen MR) is 96.3 cm³/mol. The van der Waals surface area contributed by atoms with Crippen LogP contribution in [0.3, 0.4) is 0 Å². The Labute approximate surface area is 154 Å². The van der Waals surface area contributed by atoms with Gasteiger partial charge in [-0.25, -0.2) is 4.39 Å². The van der Waals surface area contributed by atoms with Gasteiger partial charge in [0.2, 0.25) is 5.22 Å². The van der Waals surface area contributed by atoms with Gasteiger partial charge in [-0.3, -0.25) is 9.48 Å². The first kappa shape index (κ1) is 18.2. The molecule has 1 aromatic carbocycles. The number of halogens is 2. The Kier molecular flexibility index (Phi) is 5.11. The van der Waals surface area contributed by atoms with Crippen molar-refractivity contribution in [3.63, 3.8) is 0 Å². The Morgan fingerprint density at radius 2 is 2.19 bits per heavy atom. The molecule has 0 saturated carbocycles. The SMILES string of the molecule is Cn1nccc1-c1c(Cl)oc(C(N)=O)c1[C@@H](CN)Cc1cccc(F)c1. The maximum atomic E-state index is 13.5. The average molecular weight is 377 g/mol. The maximum Gasteiger partial charge on any atom is 0.284 e. The molecule has 26 heavy (non-hydrogen) atoms. The smallest absolute Gasteiger partial charge is 0.284 e. The Bertz CT molecular complexity index is 951. The highest BCUT2D eigenvalue weighted by Crippen LogP contribution is 2.40. The van der Waals surface area contributed by atoms with Crippen molar-refractivity contribution < 1.29 is 13.6 Å². The van der Waals surface area contributed by atoms with Crippen LogP contribution in [0.5, 0.6) is 0 Å². The minimum Gasteiger partial charge on any atom is -0.438 e. The third-order valence-corrected chi connectivity index (χ3v) is 4.53. The second-order valence-electron chi connectivity index (χ2n) is 5.96. The molecule has 2 heterocycles. The van der Waals surface area contributed by atoms with Gasteiger partial charge in [-0.05, 0) is 48.3 Å². The van der Waals surface area contributed by atoms with Crippen molar-refractivity contribution in [1.82, 2.24) is 9.78 Å². The number of carbonyl (C=O) groups excluding carboxylic acids is 1. The number of hydrogen-bond acceptors (Lipinski definition) is 4. The van der Waals surface area contributed by atoms with Gasteiger partial charge >= 0.3 is 0 Å². The molecule has 0 radical (unpaired) electrons. The van der Waals surface area contributed by atoms with Gasteiger partial charge in [0.05, 0.1) is 11.3 Å². The van der Waals surface area contributed by atoms with Crippen LogP contribution < -0.4 is 11.5 Å². The number of furan rings is 1. The molecule has 0 bridgehead atoms. The largest absolute Gasteiger partial charge is 0.438 e. The molecule has 136 valence electrons. The van der Waals surface area contributed by atoms with Crippen molar-refractivity contribution in [1.29, 1.82) is 0 Å². The molecule has 0 aliphatic carbocycles. The van der Waals surface area contributed by atoms with Crippen LogP contribution in [0, 0.1) is 5.82 Å². The molecule has 2 aromatic heterocycles. The Hall–Kier alpha value is -2.64. The van der Waals surface area contributed by atoms with Crippen LogP contribution >= 0.6 is 11.6 Å². The zero-order chi connectivity index (χ0) is 18.8. The molecular formula is C18H18ClFN4O2. The minimum absolute atomic E-state index is 0.0371. The zero-order valence-corrected chi connectivity index (χ0v) is 14.8. The summed E-state index contributed by atoms with van der Waals surface area (Å²) in [5.74, 6) is -1.48. The molecule has 0 unspecified atom stereocenters. The molecule has 1 atom stereocenters. The van der Waals surface area contributed by atoms with Gasteiger partial charge in [0.15, 0.2) is 5.76 Å². The highest BCUT2D eigenvalue weighted by Gasteiger charge is 2.30. The van der Waals surface area contributed by atoms with Crippen molar-refractivity contribution in [3.8, 4) is 11.3 Å². The average Bonchev–Trinajstić information content (AvgIpc) is 3.15. The summed E-state index contributed by atoms with van der Waals surface area (Å²) in [6, 6.07) is 7.96. The number of carbonyl (C=O) groups is 1. The van der Waals surface area contributed by atoms with Gasteiger partial charge in [0.1, 0.15) is 5.82 Å². The normalized spacial score (nSPS) is 12.3. The summed E-state index contributed by atoms with van der Waals surface area (Å²) < 4.78 is 20.6. The van der Waals surface area contributed by atoms with Crippen molar-refractivity contribution in [2.45, 2.75) is 12.3 Å². The standard InChI is InChI=1S/C18H18ClFN4O2/c1-24-13(5-6-23-24)15-14(16(18(22)25)26-17(15)19)11(9-21)7-10-3-2-4-12(20)8-10/h2-6,8,11H,7,9,21H2,1H3,(H2,22,25)/t11-/m1/s1.